The summed E-state index contributed by atoms with van der Waals surface area (Å²) in [6.07, 6.45) is 1.31. The molecule has 1 aromatic heterocycles. The Hall–Kier alpha value is -2.60. The molecule has 0 unspecified atom stereocenters. The molecule has 0 saturated carbocycles. The van der Waals surface area contributed by atoms with Gasteiger partial charge in [-0.05, 0) is 18.6 Å². The quantitative estimate of drug-likeness (QED) is 0.753. The van der Waals surface area contributed by atoms with E-state index in [4.69, 9.17) is 17.3 Å². The van der Waals surface area contributed by atoms with Gasteiger partial charge < -0.3 is 16.4 Å². The van der Waals surface area contributed by atoms with Crippen LogP contribution in [-0.4, -0.2) is 22.8 Å². The molecule has 2 rings (SSSR count). The lowest BCUT2D eigenvalue weighted by molar-refractivity contribution is -0.121. The largest absolute Gasteiger partial charge is 0.366 e. The lowest BCUT2D eigenvalue weighted by Gasteiger charge is -2.15. The molecule has 0 radical (unpaired) electrons. The van der Waals surface area contributed by atoms with Crippen molar-refractivity contribution in [3.05, 3.63) is 58.7 Å². The van der Waals surface area contributed by atoms with E-state index in [1.807, 2.05) is 30.3 Å². The topological polar surface area (TPSA) is 97.1 Å². The molecular formula is C16H17ClN4O2. The average molecular weight is 333 g/mol. The zero-order valence-electron chi connectivity index (χ0n) is 12.5. The Kier molecular flexibility index (Phi) is 5.54. The van der Waals surface area contributed by atoms with Gasteiger partial charge in [0.15, 0.2) is 0 Å². The summed E-state index contributed by atoms with van der Waals surface area (Å²) in [5, 5.41) is 5.95. The van der Waals surface area contributed by atoms with E-state index in [0.717, 1.165) is 5.56 Å². The Morgan fingerprint density at radius 2 is 2.00 bits per heavy atom. The summed E-state index contributed by atoms with van der Waals surface area (Å²) in [7, 11) is 0. The van der Waals surface area contributed by atoms with Crippen LogP contribution < -0.4 is 16.4 Å². The van der Waals surface area contributed by atoms with E-state index in [1.54, 1.807) is 6.92 Å². The molecule has 120 valence electrons. The molecule has 0 saturated heterocycles. The van der Waals surface area contributed by atoms with E-state index in [1.165, 1.54) is 12.3 Å². The molecule has 1 heterocycles. The summed E-state index contributed by atoms with van der Waals surface area (Å²) in [6.45, 7) is 2.13. The molecule has 0 fully saturated rings. The third-order valence-corrected chi connectivity index (χ3v) is 3.47. The van der Waals surface area contributed by atoms with Crippen LogP contribution in [0.5, 0.6) is 0 Å². The fourth-order valence-corrected chi connectivity index (χ4v) is 2.11. The summed E-state index contributed by atoms with van der Waals surface area (Å²) in [5.74, 6) is -0.482. The number of hydrogen-bond acceptors (Lipinski definition) is 4. The lowest BCUT2D eigenvalue weighted by atomic mass is 10.2. The second kappa shape index (κ2) is 7.60. The van der Waals surface area contributed by atoms with Crippen LogP contribution in [0.2, 0.25) is 5.02 Å². The minimum atomic E-state index is -0.611. The number of carbonyl (C=O) groups is 2. The first-order chi connectivity index (χ1) is 11.0. The average Bonchev–Trinajstić information content (AvgIpc) is 2.55. The zero-order valence-corrected chi connectivity index (χ0v) is 13.3. The number of benzene rings is 1. The van der Waals surface area contributed by atoms with E-state index in [-0.39, 0.29) is 16.5 Å². The Bertz CT molecular complexity index is 706. The van der Waals surface area contributed by atoms with E-state index in [9.17, 15) is 9.59 Å². The van der Waals surface area contributed by atoms with Gasteiger partial charge in [-0.15, -0.1) is 0 Å². The van der Waals surface area contributed by atoms with Gasteiger partial charge in [0, 0.05) is 12.7 Å². The van der Waals surface area contributed by atoms with Crippen molar-refractivity contribution in [3.63, 3.8) is 0 Å². The molecule has 23 heavy (non-hydrogen) atoms. The Morgan fingerprint density at radius 1 is 1.30 bits per heavy atom. The van der Waals surface area contributed by atoms with Crippen molar-refractivity contribution >= 4 is 29.2 Å². The molecule has 0 aliphatic heterocycles. The highest BCUT2D eigenvalue weighted by Crippen LogP contribution is 2.20. The molecule has 6 nitrogen and oxygen atoms in total. The van der Waals surface area contributed by atoms with Gasteiger partial charge in [-0.3, -0.25) is 9.59 Å². The Labute approximate surface area is 139 Å². The van der Waals surface area contributed by atoms with Crippen molar-refractivity contribution in [2.45, 2.75) is 19.5 Å². The number of rotatable bonds is 6. The third kappa shape index (κ3) is 4.69. The van der Waals surface area contributed by atoms with Crippen LogP contribution in [0.1, 0.15) is 22.8 Å². The number of nitrogens with two attached hydrogens (primary N) is 1. The van der Waals surface area contributed by atoms with Gasteiger partial charge >= 0.3 is 0 Å². The summed E-state index contributed by atoms with van der Waals surface area (Å²) < 4.78 is 0. The van der Waals surface area contributed by atoms with Gasteiger partial charge in [0.1, 0.15) is 11.9 Å². The van der Waals surface area contributed by atoms with Gasteiger partial charge in [0.2, 0.25) is 11.8 Å². The minimum Gasteiger partial charge on any atom is -0.366 e. The molecule has 0 aliphatic carbocycles. The summed E-state index contributed by atoms with van der Waals surface area (Å²) in [5.41, 5.74) is 6.37. The standard InChI is InChI=1S/C16H17ClN4O2/c1-10(16(23)20-8-11-5-3-2-4-6-11)21-15-13(17)7-12(9-19-15)14(18)22/h2-7,9-10H,8H2,1H3,(H2,18,22)(H,19,21)(H,20,23)/t10-/m1/s1. The van der Waals surface area contributed by atoms with Crippen LogP contribution in [0.25, 0.3) is 0 Å². The van der Waals surface area contributed by atoms with Crippen molar-refractivity contribution in [1.82, 2.24) is 10.3 Å². The zero-order chi connectivity index (χ0) is 16.8. The van der Waals surface area contributed by atoms with E-state index in [0.29, 0.717) is 12.4 Å². The molecule has 1 aromatic carbocycles. The SMILES string of the molecule is C[C@@H](Nc1ncc(C(N)=O)cc1Cl)C(=O)NCc1ccccc1. The molecule has 7 heteroatoms. The number of aromatic nitrogens is 1. The fraction of sp³-hybridized carbons (Fsp3) is 0.188. The summed E-state index contributed by atoms with van der Waals surface area (Å²) in [4.78, 5) is 27.2. The first-order valence-electron chi connectivity index (χ1n) is 7.01. The predicted octanol–water partition coefficient (Wildman–Crippen LogP) is 1.95. The number of halogens is 1. The molecule has 0 spiro atoms. The van der Waals surface area contributed by atoms with Crippen molar-refractivity contribution in [2.24, 2.45) is 5.73 Å². The maximum atomic E-state index is 12.1. The lowest BCUT2D eigenvalue weighted by Crippen LogP contribution is -2.37. The van der Waals surface area contributed by atoms with Crippen LogP contribution in [0.4, 0.5) is 5.82 Å². The maximum Gasteiger partial charge on any atom is 0.250 e. The number of primary amides is 1. The molecule has 4 N–H and O–H groups in total. The van der Waals surface area contributed by atoms with Crippen LogP contribution >= 0.6 is 11.6 Å². The van der Waals surface area contributed by atoms with Crippen LogP contribution in [-0.2, 0) is 11.3 Å². The normalized spacial score (nSPS) is 11.6. The fourth-order valence-electron chi connectivity index (χ4n) is 1.89. The number of pyridine rings is 1. The van der Waals surface area contributed by atoms with Crippen molar-refractivity contribution in [3.8, 4) is 0 Å². The second-order valence-corrected chi connectivity index (χ2v) is 5.40. The second-order valence-electron chi connectivity index (χ2n) is 4.99. The van der Waals surface area contributed by atoms with E-state index in [2.05, 4.69) is 15.6 Å². The smallest absolute Gasteiger partial charge is 0.250 e. The van der Waals surface area contributed by atoms with Crippen LogP contribution in [0, 0.1) is 0 Å². The Morgan fingerprint density at radius 3 is 2.61 bits per heavy atom. The van der Waals surface area contributed by atoms with E-state index < -0.39 is 11.9 Å². The van der Waals surface area contributed by atoms with Gasteiger partial charge in [-0.2, -0.15) is 0 Å². The summed E-state index contributed by atoms with van der Waals surface area (Å²) in [6, 6.07) is 10.5. The van der Waals surface area contributed by atoms with Gasteiger partial charge in [0.25, 0.3) is 0 Å². The van der Waals surface area contributed by atoms with Gasteiger partial charge in [-0.1, -0.05) is 41.9 Å². The number of nitrogens with one attached hydrogen (secondary N) is 2. The Balaban J connectivity index is 1.94. The highest BCUT2D eigenvalue weighted by atomic mass is 35.5. The van der Waals surface area contributed by atoms with Gasteiger partial charge in [-0.25, -0.2) is 4.98 Å². The molecule has 2 aromatic rings. The first kappa shape index (κ1) is 16.8. The third-order valence-electron chi connectivity index (χ3n) is 3.18. The highest BCUT2D eigenvalue weighted by molar-refractivity contribution is 6.33. The van der Waals surface area contributed by atoms with Gasteiger partial charge in [0.05, 0.1) is 10.6 Å². The van der Waals surface area contributed by atoms with Crippen molar-refractivity contribution in [1.29, 1.82) is 0 Å². The van der Waals surface area contributed by atoms with Crippen molar-refractivity contribution in [2.75, 3.05) is 5.32 Å². The minimum absolute atomic E-state index is 0.189. The number of nitrogens with zero attached hydrogens (tertiary/aromatic N) is 1. The molecule has 2 amide bonds. The number of hydrogen-bond donors (Lipinski definition) is 3. The molecule has 0 aliphatic rings. The number of carbonyl (C=O) groups excluding carboxylic acids is 2. The molecule has 0 bridgehead atoms. The van der Waals surface area contributed by atoms with Crippen LogP contribution in [0.3, 0.4) is 0 Å². The summed E-state index contributed by atoms with van der Waals surface area (Å²) >= 11 is 6.03. The number of amides is 2. The van der Waals surface area contributed by atoms with Crippen LogP contribution in [0.15, 0.2) is 42.6 Å². The first-order valence-corrected chi connectivity index (χ1v) is 7.38. The molecule has 1 atom stereocenters. The predicted molar refractivity (Wildman–Crippen MR) is 89.1 cm³/mol. The van der Waals surface area contributed by atoms with Crippen molar-refractivity contribution < 1.29 is 9.59 Å². The number of anilines is 1. The molecular weight excluding hydrogens is 316 g/mol. The maximum absolute atomic E-state index is 12.1. The van der Waals surface area contributed by atoms with E-state index >= 15 is 0 Å². The highest BCUT2D eigenvalue weighted by Gasteiger charge is 2.15. The monoisotopic (exact) mass is 332 g/mol.